The minimum atomic E-state index is -0.677. The topological polar surface area (TPSA) is 99.1 Å². The number of rotatable bonds is 6. The van der Waals surface area contributed by atoms with Crippen molar-refractivity contribution in [2.75, 3.05) is 32.8 Å². The Morgan fingerprint density at radius 1 is 1.17 bits per heavy atom. The second-order valence-corrected chi connectivity index (χ2v) is 4.68. The van der Waals surface area contributed by atoms with E-state index in [9.17, 15) is 9.59 Å². The lowest BCUT2D eigenvalue weighted by Crippen LogP contribution is -2.43. The van der Waals surface area contributed by atoms with E-state index in [1.54, 1.807) is 20.8 Å². The summed E-state index contributed by atoms with van der Waals surface area (Å²) in [6.07, 6.45) is -0.677. The Kier molecular flexibility index (Phi) is 7.30. The molecule has 0 atom stereocenters. The SMILES string of the molecule is CC(C)(C)OC(=O)NCC(=O)N(CCO)CCO. The fourth-order valence-electron chi connectivity index (χ4n) is 1.18. The van der Waals surface area contributed by atoms with Gasteiger partial charge in [0.15, 0.2) is 0 Å². The van der Waals surface area contributed by atoms with Gasteiger partial charge in [0.1, 0.15) is 12.1 Å². The van der Waals surface area contributed by atoms with E-state index in [-0.39, 0.29) is 38.8 Å². The molecule has 0 saturated carbocycles. The molecule has 3 N–H and O–H groups in total. The van der Waals surface area contributed by atoms with E-state index in [0.29, 0.717) is 0 Å². The smallest absolute Gasteiger partial charge is 0.408 e. The highest BCUT2D eigenvalue weighted by atomic mass is 16.6. The highest BCUT2D eigenvalue weighted by Crippen LogP contribution is 2.06. The molecule has 0 aliphatic rings. The summed E-state index contributed by atoms with van der Waals surface area (Å²) in [5, 5.41) is 19.8. The second-order valence-electron chi connectivity index (χ2n) is 4.68. The molecule has 0 aromatic heterocycles. The summed E-state index contributed by atoms with van der Waals surface area (Å²) in [6.45, 7) is 4.78. The maximum absolute atomic E-state index is 11.6. The third kappa shape index (κ3) is 7.86. The van der Waals surface area contributed by atoms with Gasteiger partial charge >= 0.3 is 6.09 Å². The van der Waals surface area contributed by atoms with Crippen LogP contribution in [0.25, 0.3) is 0 Å². The lowest BCUT2D eigenvalue weighted by atomic mass is 10.2. The molecule has 0 aliphatic carbocycles. The third-order valence-corrected chi connectivity index (χ3v) is 1.88. The molecule has 0 fully saturated rings. The quantitative estimate of drug-likeness (QED) is 0.589. The molecule has 0 aromatic carbocycles. The van der Waals surface area contributed by atoms with Crippen LogP contribution in [0, 0.1) is 0 Å². The van der Waals surface area contributed by atoms with Gasteiger partial charge in [-0.2, -0.15) is 0 Å². The fourth-order valence-corrected chi connectivity index (χ4v) is 1.18. The number of amides is 2. The van der Waals surface area contributed by atoms with Crippen LogP contribution >= 0.6 is 0 Å². The minimum Gasteiger partial charge on any atom is -0.444 e. The normalized spacial score (nSPS) is 10.9. The van der Waals surface area contributed by atoms with Crippen molar-refractivity contribution in [2.45, 2.75) is 26.4 Å². The Hall–Kier alpha value is -1.34. The van der Waals surface area contributed by atoms with Crippen LogP contribution in [0.1, 0.15) is 20.8 Å². The van der Waals surface area contributed by atoms with Gasteiger partial charge in [0.2, 0.25) is 5.91 Å². The molecule has 0 aromatic rings. The van der Waals surface area contributed by atoms with Gasteiger partial charge in [-0.25, -0.2) is 4.79 Å². The number of hydrogen-bond donors (Lipinski definition) is 3. The van der Waals surface area contributed by atoms with Crippen LogP contribution in [0.15, 0.2) is 0 Å². The molecular weight excluding hydrogens is 240 g/mol. The minimum absolute atomic E-state index is 0.120. The van der Waals surface area contributed by atoms with Crippen molar-refractivity contribution in [2.24, 2.45) is 0 Å². The summed E-state index contributed by atoms with van der Waals surface area (Å²) < 4.78 is 4.97. The molecular formula is C11H22N2O5. The van der Waals surface area contributed by atoms with Gasteiger partial charge in [-0.3, -0.25) is 4.79 Å². The molecule has 0 unspecified atom stereocenters. The third-order valence-electron chi connectivity index (χ3n) is 1.88. The Labute approximate surface area is 107 Å². The number of nitrogens with one attached hydrogen (secondary N) is 1. The number of ether oxygens (including phenoxy) is 1. The Bertz CT molecular complexity index is 269. The van der Waals surface area contributed by atoms with Crippen LogP contribution in [-0.2, 0) is 9.53 Å². The maximum Gasteiger partial charge on any atom is 0.408 e. The van der Waals surface area contributed by atoms with E-state index < -0.39 is 11.7 Å². The van der Waals surface area contributed by atoms with E-state index in [2.05, 4.69) is 5.32 Å². The van der Waals surface area contributed by atoms with E-state index in [1.165, 1.54) is 4.90 Å². The van der Waals surface area contributed by atoms with Crippen LogP contribution in [0.3, 0.4) is 0 Å². The Morgan fingerprint density at radius 3 is 2.06 bits per heavy atom. The first-order valence-corrected chi connectivity index (χ1v) is 5.76. The van der Waals surface area contributed by atoms with Crippen LogP contribution < -0.4 is 5.32 Å². The molecule has 18 heavy (non-hydrogen) atoms. The van der Waals surface area contributed by atoms with Crippen LogP contribution in [0.4, 0.5) is 4.79 Å². The van der Waals surface area contributed by atoms with Gasteiger partial charge < -0.3 is 25.2 Å². The van der Waals surface area contributed by atoms with Gasteiger partial charge in [0.25, 0.3) is 0 Å². The van der Waals surface area contributed by atoms with Crippen molar-refractivity contribution in [1.82, 2.24) is 10.2 Å². The first-order valence-electron chi connectivity index (χ1n) is 5.76. The van der Waals surface area contributed by atoms with Crippen molar-refractivity contribution in [1.29, 1.82) is 0 Å². The standard InChI is InChI=1S/C11H22N2O5/c1-11(2,3)18-10(17)12-8-9(16)13(4-6-14)5-7-15/h14-15H,4-8H2,1-3H3,(H,12,17). The van der Waals surface area contributed by atoms with Crippen LogP contribution in [-0.4, -0.2) is 65.6 Å². The summed E-state index contributed by atoms with van der Waals surface area (Å²) in [4.78, 5) is 24.2. The maximum atomic E-state index is 11.6. The molecule has 0 saturated heterocycles. The zero-order valence-electron chi connectivity index (χ0n) is 11.1. The van der Waals surface area contributed by atoms with E-state index in [0.717, 1.165) is 0 Å². The number of nitrogens with zero attached hydrogens (tertiary/aromatic N) is 1. The van der Waals surface area contributed by atoms with Crippen LogP contribution in [0.5, 0.6) is 0 Å². The molecule has 7 nitrogen and oxygen atoms in total. The van der Waals surface area contributed by atoms with E-state index in [1.807, 2.05) is 0 Å². The van der Waals surface area contributed by atoms with Gasteiger partial charge in [0, 0.05) is 13.1 Å². The van der Waals surface area contributed by atoms with Crippen molar-refractivity contribution >= 4 is 12.0 Å². The largest absolute Gasteiger partial charge is 0.444 e. The molecule has 0 rings (SSSR count). The average molecular weight is 262 g/mol. The van der Waals surface area contributed by atoms with Crippen molar-refractivity contribution < 1.29 is 24.5 Å². The Balaban J connectivity index is 4.10. The lowest BCUT2D eigenvalue weighted by molar-refractivity contribution is -0.131. The molecule has 106 valence electrons. The summed E-state index contributed by atoms with van der Waals surface area (Å²) in [7, 11) is 0. The molecule has 0 bridgehead atoms. The number of carbonyl (C=O) groups is 2. The highest BCUT2D eigenvalue weighted by molar-refractivity contribution is 5.82. The molecule has 0 heterocycles. The summed E-state index contributed by atoms with van der Waals surface area (Å²) in [5.74, 6) is -0.385. The van der Waals surface area contributed by atoms with Gasteiger partial charge in [-0.15, -0.1) is 0 Å². The molecule has 7 heteroatoms. The highest BCUT2D eigenvalue weighted by Gasteiger charge is 2.18. The number of aliphatic hydroxyl groups excluding tert-OH is 2. The fraction of sp³-hybridized carbons (Fsp3) is 0.818. The second kappa shape index (κ2) is 7.88. The zero-order valence-corrected chi connectivity index (χ0v) is 11.1. The predicted octanol–water partition coefficient (Wildman–Crippen LogP) is -0.676. The van der Waals surface area contributed by atoms with Crippen LogP contribution in [0.2, 0.25) is 0 Å². The Morgan fingerprint density at radius 2 is 1.67 bits per heavy atom. The van der Waals surface area contributed by atoms with Gasteiger partial charge in [0.05, 0.1) is 13.2 Å². The van der Waals surface area contributed by atoms with Gasteiger partial charge in [-0.1, -0.05) is 0 Å². The number of hydrogen-bond acceptors (Lipinski definition) is 5. The van der Waals surface area contributed by atoms with Crippen molar-refractivity contribution in [3.05, 3.63) is 0 Å². The number of carbonyl (C=O) groups excluding carboxylic acids is 2. The average Bonchev–Trinajstić information content (AvgIpc) is 2.23. The predicted molar refractivity (Wildman–Crippen MR) is 65.0 cm³/mol. The van der Waals surface area contributed by atoms with E-state index in [4.69, 9.17) is 14.9 Å². The number of aliphatic hydroxyl groups is 2. The van der Waals surface area contributed by atoms with E-state index >= 15 is 0 Å². The van der Waals surface area contributed by atoms with Gasteiger partial charge in [-0.05, 0) is 20.8 Å². The molecule has 2 amide bonds. The summed E-state index contributed by atoms with van der Waals surface area (Å²) in [6, 6.07) is 0. The van der Waals surface area contributed by atoms with Crippen molar-refractivity contribution in [3.8, 4) is 0 Å². The number of alkyl carbamates (subject to hydrolysis) is 1. The summed E-state index contributed by atoms with van der Waals surface area (Å²) >= 11 is 0. The first kappa shape index (κ1) is 16.7. The molecule has 0 aliphatic heterocycles. The summed E-state index contributed by atoms with van der Waals surface area (Å²) in [5.41, 5.74) is -0.622. The zero-order chi connectivity index (χ0) is 14.2. The van der Waals surface area contributed by atoms with Crippen molar-refractivity contribution in [3.63, 3.8) is 0 Å². The monoisotopic (exact) mass is 262 g/mol. The first-order chi connectivity index (χ1) is 8.30. The molecule has 0 radical (unpaired) electrons. The lowest BCUT2D eigenvalue weighted by Gasteiger charge is -2.22. The molecule has 0 spiro atoms.